The van der Waals surface area contributed by atoms with Crippen LogP contribution in [0.5, 0.6) is 5.75 Å². The molecule has 2 N–H and O–H groups in total. The fourth-order valence-electron chi connectivity index (χ4n) is 2.50. The fraction of sp³-hybridized carbons (Fsp3) is 0.118. The Kier molecular flexibility index (Phi) is 5.19. The number of rotatable bonds is 7. The van der Waals surface area contributed by atoms with E-state index < -0.39 is 25.5 Å². The number of nitro groups is 1. The summed E-state index contributed by atoms with van der Waals surface area (Å²) in [6.45, 7) is -0.0277. The lowest BCUT2D eigenvalue weighted by Crippen LogP contribution is -2.24. The summed E-state index contributed by atoms with van der Waals surface area (Å²) in [6.07, 6.45) is 3.31. The lowest BCUT2D eigenvalue weighted by Gasteiger charge is -2.09. The minimum absolute atomic E-state index is 0.0277. The first-order valence-electron chi connectivity index (χ1n) is 7.81. The highest BCUT2D eigenvalue weighted by molar-refractivity contribution is 7.89. The number of hydrogen-bond acceptors (Lipinski definition) is 6. The molecular weight excluding hydrogens is 372 g/mol. The molecular formula is C17H16N4O5S. The third-order valence-corrected chi connectivity index (χ3v) is 5.27. The largest absolute Gasteiger partial charge is 0.497 e. The van der Waals surface area contributed by atoms with Gasteiger partial charge in [-0.1, -0.05) is 18.2 Å². The predicted molar refractivity (Wildman–Crippen MR) is 97.7 cm³/mol. The van der Waals surface area contributed by atoms with E-state index in [4.69, 9.17) is 4.74 Å². The second-order valence-corrected chi connectivity index (χ2v) is 7.29. The summed E-state index contributed by atoms with van der Waals surface area (Å²) in [7, 11) is -2.75. The first kappa shape index (κ1) is 18.5. The number of aromatic amines is 1. The zero-order valence-electron chi connectivity index (χ0n) is 14.2. The Morgan fingerprint density at radius 1 is 1.26 bits per heavy atom. The summed E-state index contributed by atoms with van der Waals surface area (Å²) >= 11 is 0. The molecule has 0 radical (unpaired) electrons. The van der Waals surface area contributed by atoms with Crippen molar-refractivity contribution in [2.75, 3.05) is 7.11 Å². The molecule has 27 heavy (non-hydrogen) atoms. The molecule has 1 aromatic heterocycles. The van der Waals surface area contributed by atoms with Crippen LogP contribution in [0.15, 0.2) is 59.8 Å². The molecule has 9 nitrogen and oxygen atoms in total. The molecule has 3 aromatic rings. The van der Waals surface area contributed by atoms with Crippen LogP contribution < -0.4 is 9.46 Å². The van der Waals surface area contributed by atoms with E-state index in [1.54, 1.807) is 30.6 Å². The average Bonchev–Trinajstić information content (AvgIpc) is 3.21. The Morgan fingerprint density at radius 3 is 2.74 bits per heavy atom. The SMILES string of the molecule is COc1ccc(S(=O)(=O)NCc2cccc(-c3ncc[nH]3)c2)c([N+](=O)[O-])c1. The molecule has 3 rings (SSSR count). The van der Waals surface area contributed by atoms with Crippen LogP contribution in [0.25, 0.3) is 11.4 Å². The third-order valence-electron chi connectivity index (χ3n) is 3.82. The monoisotopic (exact) mass is 388 g/mol. The quantitative estimate of drug-likeness (QED) is 0.473. The van der Waals surface area contributed by atoms with Crippen LogP contribution in [0.2, 0.25) is 0 Å². The normalized spacial score (nSPS) is 11.3. The smallest absolute Gasteiger partial charge is 0.293 e. The van der Waals surface area contributed by atoms with Crippen LogP contribution in [0, 0.1) is 10.1 Å². The Bertz CT molecular complexity index is 1060. The van der Waals surface area contributed by atoms with Crippen LogP contribution in [-0.4, -0.2) is 30.4 Å². The van der Waals surface area contributed by atoms with Gasteiger partial charge in [-0.2, -0.15) is 0 Å². The standard InChI is InChI=1S/C17H16N4O5S/c1-26-14-5-6-16(15(10-14)21(22)23)27(24,25)20-11-12-3-2-4-13(9-12)17-18-7-8-19-17/h2-10,20H,11H2,1H3,(H,18,19). The van der Waals surface area contributed by atoms with Gasteiger partial charge < -0.3 is 9.72 Å². The molecule has 0 aliphatic heterocycles. The molecule has 0 aliphatic rings. The van der Waals surface area contributed by atoms with Gasteiger partial charge in [-0.3, -0.25) is 10.1 Å². The Morgan fingerprint density at radius 2 is 2.07 bits per heavy atom. The topological polar surface area (TPSA) is 127 Å². The van der Waals surface area contributed by atoms with Crippen molar-refractivity contribution in [3.63, 3.8) is 0 Å². The molecule has 0 spiro atoms. The van der Waals surface area contributed by atoms with Gasteiger partial charge in [-0.15, -0.1) is 0 Å². The van der Waals surface area contributed by atoms with Crippen molar-refractivity contribution in [1.29, 1.82) is 0 Å². The van der Waals surface area contributed by atoms with Crippen molar-refractivity contribution in [2.24, 2.45) is 0 Å². The molecule has 0 amide bonds. The van der Waals surface area contributed by atoms with Gasteiger partial charge >= 0.3 is 0 Å². The van der Waals surface area contributed by atoms with Gasteiger partial charge in [-0.05, 0) is 23.8 Å². The molecule has 2 aromatic carbocycles. The molecule has 140 valence electrons. The highest BCUT2D eigenvalue weighted by atomic mass is 32.2. The van der Waals surface area contributed by atoms with Gasteiger partial charge in [0.05, 0.1) is 18.1 Å². The number of sulfonamides is 1. The number of H-pyrrole nitrogens is 1. The van der Waals surface area contributed by atoms with E-state index in [0.717, 1.165) is 17.7 Å². The number of nitrogens with one attached hydrogen (secondary N) is 2. The molecule has 0 saturated heterocycles. The maximum absolute atomic E-state index is 12.6. The third kappa shape index (κ3) is 4.13. The summed E-state index contributed by atoms with van der Waals surface area (Å²) < 4.78 is 32.5. The minimum atomic E-state index is -4.10. The molecule has 0 unspecified atom stereocenters. The van der Waals surface area contributed by atoms with E-state index in [0.29, 0.717) is 11.4 Å². The first-order valence-corrected chi connectivity index (χ1v) is 9.30. The van der Waals surface area contributed by atoms with Gasteiger partial charge in [0.2, 0.25) is 10.0 Å². The van der Waals surface area contributed by atoms with E-state index in [9.17, 15) is 18.5 Å². The zero-order chi connectivity index (χ0) is 19.4. The predicted octanol–water partition coefficient (Wildman–Crippen LogP) is 2.47. The van der Waals surface area contributed by atoms with Crippen LogP contribution in [0.4, 0.5) is 5.69 Å². The summed E-state index contributed by atoms with van der Waals surface area (Å²) in [5.41, 5.74) is 0.932. The summed E-state index contributed by atoms with van der Waals surface area (Å²) in [5.74, 6) is 0.859. The van der Waals surface area contributed by atoms with Gasteiger partial charge in [-0.25, -0.2) is 18.1 Å². The Labute approximate surface area is 155 Å². The second kappa shape index (κ2) is 7.56. The maximum Gasteiger partial charge on any atom is 0.293 e. The molecule has 0 aliphatic carbocycles. The first-order chi connectivity index (χ1) is 12.9. The lowest BCUT2D eigenvalue weighted by atomic mass is 10.1. The number of methoxy groups -OCH3 is 1. The number of nitrogens with zero attached hydrogens (tertiary/aromatic N) is 2. The Balaban J connectivity index is 1.84. The van der Waals surface area contributed by atoms with Crippen molar-refractivity contribution < 1.29 is 18.1 Å². The van der Waals surface area contributed by atoms with Crippen molar-refractivity contribution in [3.05, 3.63) is 70.5 Å². The average molecular weight is 388 g/mol. The molecule has 0 bridgehead atoms. The molecule has 1 heterocycles. The van der Waals surface area contributed by atoms with Gasteiger partial charge in [0.1, 0.15) is 11.6 Å². The number of hydrogen-bond donors (Lipinski definition) is 2. The van der Waals surface area contributed by atoms with Crippen LogP contribution >= 0.6 is 0 Å². The van der Waals surface area contributed by atoms with E-state index in [1.165, 1.54) is 13.2 Å². The highest BCUT2D eigenvalue weighted by Gasteiger charge is 2.26. The lowest BCUT2D eigenvalue weighted by molar-refractivity contribution is -0.387. The maximum atomic E-state index is 12.6. The number of aromatic nitrogens is 2. The van der Waals surface area contributed by atoms with Crippen molar-refractivity contribution in [3.8, 4) is 17.1 Å². The van der Waals surface area contributed by atoms with Crippen molar-refractivity contribution >= 4 is 15.7 Å². The minimum Gasteiger partial charge on any atom is -0.497 e. The molecule has 0 saturated carbocycles. The van der Waals surface area contributed by atoms with Crippen molar-refractivity contribution in [1.82, 2.24) is 14.7 Å². The van der Waals surface area contributed by atoms with E-state index >= 15 is 0 Å². The summed E-state index contributed by atoms with van der Waals surface area (Å²) in [5, 5.41) is 11.2. The fourth-order valence-corrected chi connectivity index (χ4v) is 3.67. The summed E-state index contributed by atoms with van der Waals surface area (Å²) in [4.78, 5) is 17.2. The zero-order valence-corrected chi connectivity index (χ0v) is 15.1. The highest BCUT2D eigenvalue weighted by Crippen LogP contribution is 2.28. The Hall–Kier alpha value is -3.24. The molecule has 0 atom stereocenters. The second-order valence-electron chi connectivity index (χ2n) is 5.55. The van der Waals surface area contributed by atoms with Gasteiger partial charge in [0, 0.05) is 24.5 Å². The number of benzene rings is 2. The van der Waals surface area contributed by atoms with E-state index in [2.05, 4.69) is 14.7 Å². The number of nitro benzene ring substituents is 1. The van der Waals surface area contributed by atoms with Crippen molar-refractivity contribution in [2.45, 2.75) is 11.4 Å². The van der Waals surface area contributed by atoms with Crippen LogP contribution in [0.3, 0.4) is 0 Å². The van der Waals surface area contributed by atoms with E-state index in [-0.39, 0.29) is 12.3 Å². The number of imidazole rings is 1. The van der Waals surface area contributed by atoms with Crippen LogP contribution in [-0.2, 0) is 16.6 Å². The molecule has 0 fully saturated rings. The van der Waals surface area contributed by atoms with Gasteiger partial charge in [0.25, 0.3) is 5.69 Å². The van der Waals surface area contributed by atoms with E-state index in [1.807, 2.05) is 6.07 Å². The van der Waals surface area contributed by atoms with Gasteiger partial charge in [0.15, 0.2) is 4.90 Å². The van der Waals surface area contributed by atoms with Crippen LogP contribution in [0.1, 0.15) is 5.56 Å². The molecule has 10 heteroatoms. The summed E-state index contributed by atoms with van der Waals surface area (Å²) in [6, 6.07) is 10.7. The number of ether oxygens (including phenoxy) is 1.